The van der Waals surface area contributed by atoms with Gasteiger partial charge in [-0.05, 0) is 19.1 Å². The number of carbonyl (C=O) groups is 1. The van der Waals surface area contributed by atoms with E-state index in [1.54, 1.807) is 6.92 Å². The average Bonchev–Trinajstić information content (AvgIpc) is 3.17. The number of hydrogen-bond donors (Lipinski definition) is 3. The van der Waals surface area contributed by atoms with Crippen LogP contribution in [0.1, 0.15) is 6.92 Å². The van der Waals surface area contributed by atoms with Crippen LogP contribution in [0.25, 0.3) is 11.2 Å². The third kappa shape index (κ3) is 2.65. The van der Waals surface area contributed by atoms with E-state index in [1.807, 2.05) is 24.3 Å². The molecule has 0 radical (unpaired) electrons. The lowest BCUT2D eigenvalue weighted by molar-refractivity contribution is -0.122. The van der Waals surface area contributed by atoms with Gasteiger partial charge in [-0.25, -0.2) is 9.78 Å². The van der Waals surface area contributed by atoms with E-state index in [0.717, 1.165) is 15.9 Å². The molecule has 0 saturated heterocycles. The number of aromatic nitrogens is 4. The van der Waals surface area contributed by atoms with Gasteiger partial charge in [0.05, 0.1) is 17.7 Å². The maximum atomic E-state index is 12.6. The Bertz CT molecular complexity index is 1160. The van der Waals surface area contributed by atoms with E-state index in [1.165, 1.54) is 29.6 Å². The van der Waals surface area contributed by atoms with Crippen LogP contribution < -0.4 is 27.2 Å². The van der Waals surface area contributed by atoms with Gasteiger partial charge in [0, 0.05) is 14.1 Å². The lowest BCUT2D eigenvalue weighted by atomic mass is 10.3. The minimum Gasteiger partial charge on any atom is -0.344 e. The van der Waals surface area contributed by atoms with Gasteiger partial charge in [0.2, 0.25) is 5.91 Å². The molecule has 0 atom stereocenters. The maximum Gasteiger partial charge on any atom is 0.332 e. The fraction of sp³-hybridized carbons (Fsp3) is 0.294. The summed E-state index contributed by atoms with van der Waals surface area (Å²) in [5.41, 5.74) is 1.26. The first-order chi connectivity index (χ1) is 12.8. The minimum atomic E-state index is -0.852. The molecule has 3 N–H and O–H groups in total. The summed E-state index contributed by atoms with van der Waals surface area (Å²) >= 11 is 0. The van der Waals surface area contributed by atoms with Crippen molar-refractivity contribution >= 4 is 28.4 Å². The van der Waals surface area contributed by atoms with Crippen LogP contribution in [0.3, 0.4) is 0 Å². The van der Waals surface area contributed by atoms with Crippen LogP contribution >= 0.6 is 0 Å². The number of para-hydroxylation sites is 2. The second-order valence-corrected chi connectivity index (χ2v) is 6.72. The Labute approximate surface area is 153 Å². The van der Waals surface area contributed by atoms with Gasteiger partial charge in [-0.15, -0.1) is 0 Å². The van der Waals surface area contributed by atoms with Crippen molar-refractivity contribution in [1.29, 1.82) is 0 Å². The summed E-state index contributed by atoms with van der Waals surface area (Å²) in [5, 5.41) is 9.31. The Morgan fingerprint density at radius 1 is 1.15 bits per heavy atom. The predicted octanol–water partition coefficient (Wildman–Crippen LogP) is -0.239. The smallest absolute Gasteiger partial charge is 0.332 e. The second kappa shape index (κ2) is 5.73. The van der Waals surface area contributed by atoms with Crippen molar-refractivity contribution in [3.63, 3.8) is 0 Å². The summed E-state index contributed by atoms with van der Waals surface area (Å²) in [6.07, 6.45) is 1.39. The minimum absolute atomic E-state index is 0.112. The largest absolute Gasteiger partial charge is 0.344 e. The second-order valence-electron chi connectivity index (χ2n) is 6.72. The Hall–Kier alpha value is -3.56. The van der Waals surface area contributed by atoms with Gasteiger partial charge in [-0.2, -0.15) is 0 Å². The van der Waals surface area contributed by atoms with Gasteiger partial charge in [0.25, 0.3) is 5.56 Å². The molecule has 3 aromatic rings. The fourth-order valence-electron chi connectivity index (χ4n) is 3.32. The molecule has 140 valence electrons. The van der Waals surface area contributed by atoms with Gasteiger partial charge in [-0.3, -0.25) is 18.7 Å². The molecule has 0 bridgehead atoms. The number of amides is 1. The average molecular weight is 369 g/mol. The molecule has 0 spiro atoms. The van der Waals surface area contributed by atoms with Crippen molar-refractivity contribution in [1.82, 2.24) is 24.0 Å². The molecular weight excluding hydrogens is 350 g/mol. The summed E-state index contributed by atoms with van der Waals surface area (Å²) in [6.45, 7) is 1.69. The molecule has 10 heteroatoms. The summed E-state index contributed by atoms with van der Waals surface area (Å²) in [6, 6.07) is 7.62. The molecule has 10 nitrogen and oxygen atoms in total. The van der Waals surface area contributed by atoms with Crippen LogP contribution in [0, 0.1) is 0 Å². The summed E-state index contributed by atoms with van der Waals surface area (Å²) in [5.74, 6) is -1.17. The molecule has 3 heterocycles. The number of carbonyl (C=O) groups excluding carboxylic acids is 1. The molecule has 0 unspecified atom stereocenters. The quantitative estimate of drug-likeness (QED) is 0.587. The third-order valence-electron chi connectivity index (χ3n) is 4.62. The molecule has 1 aliphatic heterocycles. The number of rotatable bonds is 3. The van der Waals surface area contributed by atoms with Crippen molar-refractivity contribution in [2.45, 2.75) is 19.3 Å². The summed E-state index contributed by atoms with van der Waals surface area (Å²) in [7, 11) is 2.93. The molecule has 0 fully saturated rings. The van der Waals surface area contributed by atoms with Crippen LogP contribution in [0.4, 0.5) is 11.4 Å². The van der Waals surface area contributed by atoms with E-state index in [9.17, 15) is 14.4 Å². The first kappa shape index (κ1) is 16.9. The van der Waals surface area contributed by atoms with E-state index in [-0.39, 0.29) is 23.6 Å². The standard InChI is InChI=1S/C17H19N7O3/c1-17(19-10-6-4-5-7-11(10)20-17)21-12(25)8-24-9-18-14-13(24)15(26)23(3)16(27)22(14)2/h4-7,9,19-20H,8H2,1-3H3,(H,21,25). The Morgan fingerprint density at radius 2 is 1.78 bits per heavy atom. The molecule has 0 saturated carbocycles. The molecule has 4 rings (SSSR count). The molecule has 2 aromatic heterocycles. The Morgan fingerprint density at radius 3 is 2.41 bits per heavy atom. The number of aryl methyl sites for hydroxylation is 1. The lowest BCUT2D eigenvalue weighted by Gasteiger charge is -2.27. The van der Waals surface area contributed by atoms with Crippen LogP contribution in [-0.4, -0.2) is 30.4 Å². The monoisotopic (exact) mass is 369 g/mol. The molecule has 1 aliphatic rings. The number of nitrogens with one attached hydrogen (secondary N) is 3. The fourth-order valence-corrected chi connectivity index (χ4v) is 3.32. The van der Waals surface area contributed by atoms with Crippen molar-refractivity contribution in [2.24, 2.45) is 14.1 Å². The number of fused-ring (bicyclic) bond motifs is 2. The third-order valence-corrected chi connectivity index (χ3v) is 4.62. The topological polar surface area (TPSA) is 115 Å². The Balaban J connectivity index is 1.60. The Kier molecular flexibility index (Phi) is 3.58. The molecule has 1 aromatic carbocycles. The highest BCUT2D eigenvalue weighted by molar-refractivity contribution is 5.83. The van der Waals surface area contributed by atoms with Crippen molar-refractivity contribution in [3.8, 4) is 0 Å². The van der Waals surface area contributed by atoms with Crippen molar-refractivity contribution in [3.05, 3.63) is 51.4 Å². The molecule has 27 heavy (non-hydrogen) atoms. The van der Waals surface area contributed by atoms with Crippen LogP contribution in [-0.2, 0) is 25.4 Å². The number of benzene rings is 1. The highest BCUT2D eigenvalue weighted by atomic mass is 16.2. The number of nitrogens with zero attached hydrogens (tertiary/aromatic N) is 4. The molecular formula is C17H19N7O3. The van der Waals surface area contributed by atoms with E-state index >= 15 is 0 Å². The van der Waals surface area contributed by atoms with Gasteiger partial charge >= 0.3 is 5.69 Å². The van der Waals surface area contributed by atoms with E-state index in [4.69, 9.17) is 0 Å². The van der Waals surface area contributed by atoms with E-state index in [0.29, 0.717) is 0 Å². The predicted molar refractivity (Wildman–Crippen MR) is 100 cm³/mol. The number of hydrogen-bond acceptors (Lipinski definition) is 6. The van der Waals surface area contributed by atoms with Crippen molar-refractivity contribution in [2.75, 3.05) is 10.6 Å². The number of anilines is 2. The SMILES string of the molecule is Cn1c(=O)c2c(ncn2CC(=O)NC2(C)Nc3ccccc3N2)n(C)c1=O. The molecule has 1 amide bonds. The normalized spacial score (nSPS) is 14.5. The van der Waals surface area contributed by atoms with E-state index < -0.39 is 17.0 Å². The zero-order chi connectivity index (χ0) is 19.3. The van der Waals surface area contributed by atoms with Crippen LogP contribution in [0.5, 0.6) is 0 Å². The summed E-state index contributed by atoms with van der Waals surface area (Å²) < 4.78 is 3.72. The van der Waals surface area contributed by atoms with Gasteiger partial charge < -0.3 is 20.5 Å². The first-order valence-electron chi connectivity index (χ1n) is 8.36. The lowest BCUT2D eigenvalue weighted by Crippen LogP contribution is -2.55. The van der Waals surface area contributed by atoms with Gasteiger partial charge in [0.15, 0.2) is 17.0 Å². The maximum absolute atomic E-state index is 12.6. The molecule has 0 aliphatic carbocycles. The summed E-state index contributed by atoms with van der Waals surface area (Å²) in [4.78, 5) is 41.2. The zero-order valence-electron chi connectivity index (χ0n) is 15.1. The van der Waals surface area contributed by atoms with Gasteiger partial charge in [0.1, 0.15) is 6.54 Å². The highest BCUT2D eigenvalue weighted by Crippen LogP contribution is 2.31. The zero-order valence-corrected chi connectivity index (χ0v) is 15.1. The number of imidazole rings is 1. The van der Waals surface area contributed by atoms with Crippen molar-refractivity contribution < 1.29 is 4.79 Å². The highest BCUT2D eigenvalue weighted by Gasteiger charge is 2.32. The first-order valence-corrected chi connectivity index (χ1v) is 8.36. The van der Waals surface area contributed by atoms with Crippen LogP contribution in [0.2, 0.25) is 0 Å². The van der Waals surface area contributed by atoms with Gasteiger partial charge in [-0.1, -0.05) is 12.1 Å². The van der Waals surface area contributed by atoms with Crippen LogP contribution in [0.15, 0.2) is 40.2 Å². The van der Waals surface area contributed by atoms with E-state index in [2.05, 4.69) is 20.9 Å².